The number of nitrogens with two attached hydrogens (primary N) is 1. The van der Waals surface area contributed by atoms with Crippen LogP contribution < -0.4 is 11.1 Å². The van der Waals surface area contributed by atoms with E-state index in [2.05, 4.69) is 5.32 Å². The molecule has 0 unspecified atom stereocenters. The van der Waals surface area contributed by atoms with Gasteiger partial charge in [-0.3, -0.25) is 4.79 Å². The van der Waals surface area contributed by atoms with Crippen molar-refractivity contribution >= 4 is 11.6 Å². The zero-order chi connectivity index (χ0) is 13.8. The third-order valence-corrected chi connectivity index (χ3v) is 3.64. The molecule has 0 aliphatic heterocycles. The topological polar surface area (TPSA) is 55.1 Å². The Balaban J connectivity index is 2.97. The highest BCUT2D eigenvalue weighted by atomic mass is 19.1. The number of halogens is 1. The van der Waals surface area contributed by atoms with Gasteiger partial charge in [-0.05, 0) is 37.5 Å². The molecule has 1 rings (SSSR count). The number of anilines is 1. The van der Waals surface area contributed by atoms with Crippen LogP contribution in [0.3, 0.4) is 0 Å². The van der Waals surface area contributed by atoms with E-state index in [0.717, 1.165) is 19.3 Å². The maximum absolute atomic E-state index is 13.6. The highest BCUT2D eigenvalue weighted by Gasteiger charge is 2.27. The molecule has 3 N–H and O–H groups in total. The van der Waals surface area contributed by atoms with Gasteiger partial charge in [-0.25, -0.2) is 4.39 Å². The standard InChI is InChI=1S/C14H21FN2O/c1-4-14(5-2,6-3)17-13(18)11-9-10(16)7-8-12(11)15/h7-9H,4-6,16H2,1-3H3,(H,17,18). The number of nitrogen functional groups attached to an aromatic ring is 1. The van der Waals surface area contributed by atoms with Crippen LogP contribution in [-0.2, 0) is 0 Å². The average molecular weight is 252 g/mol. The van der Waals surface area contributed by atoms with Gasteiger partial charge in [-0.15, -0.1) is 0 Å². The number of nitrogens with one attached hydrogen (secondary N) is 1. The van der Waals surface area contributed by atoms with E-state index in [9.17, 15) is 9.18 Å². The summed E-state index contributed by atoms with van der Waals surface area (Å²) in [5, 5.41) is 2.93. The van der Waals surface area contributed by atoms with Crippen LogP contribution in [0.15, 0.2) is 18.2 Å². The molecule has 0 aliphatic rings. The summed E-state index contributed by atoms with van der Waals surface area (Å²) in [7, 11) is 0. The first kappa shape index (κ1) is 14.5. The molecule has 1 amide bonds. The molecule has 0 atom stereocenters. The summed E-state index contributed by atoms with van der Waals surface area (Å²) in [6.07, 6.45) is 2.45. The third-order valence-electron chi connectivity index (χ3n) is 3.64. The molecule has 0 bridgehead atoms. The van der Waals surface area contributed by atoms with Gasteiger partial charge in [0.1, 0.15) is 5.82 Å². The Morgan fingerprint density at radius 1 is 1.28 bits per heavy atom. The number of hydrogen-bond acceptors (Lipinski definition) is 2. The van der Waals surface area contributed by atoms with Crippen LogP contribution in [0.2, 0.25) is 0 Å². The Bertz CT molecular complexity index is 420. The molecule has 0 aliphatic carbocycles. The molecule has 1 aromatic rings. The van der Waals surface area contributed by atoms with E-state index in [-0.39, 0.29) is 11.1 Å². The fourth-order valence-electron chi connectivity index (χ4n) is 2.04. The minimum Gasteiger partial charge on any atom is -0.399 e. The van der Waals surface area contributed by atoms with Crippen molar-refractivity contribution in [3.63, 3.8) is 0 Å². The zero-order valence-electron chi connectivity index (χ0n) is 11.2. The number of rotatable bonds is 5. The second kappa shape index (κ2) is 5.85. The SMILES string of the molecule is CCC(CC)(CC)NC(=O)c1cc(N)ccc1F. The monoisotopic (exact) mass is 252 g/mol. The van der Waals surface area contributed by atoms with Crippen molar-refractivity contribution in [1.82, 2.24) is 5.32 Å². The maximum Gasteiger partial charge on any atom is 0.254 e. The first-order valence-electron chi connectivity index (χ1n) is 6.35. The fourth-order valence-corrected chi connectivity index (χ4v) is 2.04. The van der Waals surface area contributed by atoms with Crippen LogP contribution in [0, 0.1) is 5.82 Å². The van der Waals surface area contributed by atoms with Crippen molar-refractivity contribution in [2.75, 3.05) is 5.73 Å². The quantitative estimate of drug-likeness (QED) is 0.791. The summed E-state index contributed by atoms with van der Waals surface area (Å²) in [6.45, 7) is 6.05. The summed E-state index contributed by atoms with van der Waals surface area (Å²) in [4.78, 5) is 12.1. The molecule has 4 heteroatoms. The molecule has 100 valence electrons. The Labute approximate surface area is 108 Å². The van der Waals surface area contributed by atoms with Crippen LogP contribution in [0.1, 0.15) is 50.4 Å². The number of benzene rings is 1. The largest absolute Gasteiger partial charge is 0.399 e. The molecule has 0 heterocycles. The van der Waals surface area contributed by atoms with Crippen LogP contribution >= 0.6 is 0 Å². The predicted octanol–water partition coefficient (Wildman–Crippen LogP) is 3.11. The molecular formula is C14H21FN2O. The van der Waals surface area contributed by atoms with Crippen molar-refractivity contribution in [3.05, 3.63) is 29.6 Å². The molecule has 18 heavy (non-hydrogen) atoms. The van der Waals surface area contributed by atoms with Gasteiger partial charge in [-0.1, -0.05) is 20.8 Å². The minimum absolute atomic E-state index is 0.00900. The Morgan fingerprint density at radius 3 is 2.33 bits per heavy atom. The highest BCUT2D eigenvalue weighted by Crippen LogP contribution is 2.21. The van der Waals surface area contributed by atoms with E-state index in [1.165, 1.54) is 18.2 Å². The van der Waals surface area contributed by atoms with Crippen LogP contribution in [0.5, 0.6) is 0 Å². The molecule has 1 aromatic carbocycles. The lowest BCUT2D eigenvalue weighted by Gasteiger charge is -2.31. The van der Waals surface area contributed by atoms with E-state index in [1.54, 1.807) is 0 Å². The fraction of sp³-hybridized carbons (Fsp3) is 0.500. The first-order chi connectivity index (χ1) is 8.48. The number of carbonyl (C=O) groups excluding carboxylic acids is 1. The summed E-state index contributed by atoms with van der Waals surface area (Å²) in [5.74, 6) is -0.941. The zero-order valence-corrected chi connectivity index (χ0v) is 11.2. The number of amides is 1. The summed E-state index contributed by atoms with van der Waals surface area (Å²) in [6, 6.07) is 4.03. The third kappa shape index (κ3) is 3.00. The Kier molecular flexibility index (Phi) is 4.70. The van der Waals surface area contributed by atoms with Gasteiger partial charge >= 0.3 is 0 Å². The summed E-state index contributed by atoms with van der Waals surface area (Å²) in [5.41, 5.74) is 5.70. The molecule has 0 radical (unpaired) electrons. The first-order valence-corrected chi connectivity index (χ1v) is 6.35. The average Bonchev–Trinajstić information content (AvgIpc) is 2.38. The van der Waals surface area contributed by atoms with Gasteiger partial charge in [-0.2, -0.15) is 0 Å². The van der Waals surface area contributed by atoms with Gasteiger partial charge in [0.25, 0.3) is 5.91 Å². The number of hydrogen-bond donors (Lipinski definition) is 2. The van der Waals surface area contributed by atoms with Crippen LogP contribution in [-0.4, -0.2) is 11.4 Å². The van der Waals surface area contributed by atoms with Crippen LogP contribution in [0.25, 0.3) is 0 Å². The Morgan fingerprint density at radius 2 is 1.83 bits per heavy atom. The molecule has 3 nitrogen and oxygen atoms in total. The second-order valence-corrected chi connectivity index (χ2v) is 4.53. The van der Waals surface area contributed by atoms with Gasteiger partial charge in [0.05, 0.1) is 5.56 Å². The van der Waals surface area contributed by atoms with E-state index in [4.69, 9.17) is 5.73 Å². The van der Waals surface area contributed by atoms with E-state index >= 15 is 0 Å². The lowest BCUT2D eigenvalue weighted by atomic mass is 9.89. The summed E-state index contributed by atoms with van der Waals surface area (Å²) >= 11 is 0. The molecule has 0 aromatic heterocycles. The van der Waals surface area contributed by atoms with E-state index < -0.39 is 11.7 Å². The van der Waals surface area contributed by atoms with Gasteiger partial charge in [0, 0.05) is 11.2 Å². The minimum atomic E-state index is -0.543. The summed E-state index contributed by atoms with van der Waals surface area (Å²) < 4.78 is 13.6. The van der Waals surface area contributed by atoms with Crippen molar-refractivity contribution in [3.8, 4) is 0 Å². The second-order valence-electron chi connectivity index (χ2n) is 4.53. The van der Waals surface area contributed by atoms with Crippen molar-refractivity contribution < 1.29 is 9.18 Å². The normalized spacial score (nSPS) is 11.3. The van der Waals surface area contributed by atoms with Crippen LogP contribution in [0.4, 0.5) is 10.1 Å². The molecule has 0 saturated carbocycles. The van der Waals surface area contributed by atoms with Crippen molar-refractivity contribution in [1.29, 1.82) is 0 Å². The predicted molar refractivity (Wildman–Crippen MR) is 71.9 cm³/mol. The molecular weight excluding hydrogens is 231 g/mol. The lowest BCUT2D eigenvalue weighted by Crippen LogP contribution is -2.47. The molecule has 0 spiro atoms. The smallest absolute Gasteiger partial charge is 0.254 e. The van der Waals surface area contributed by atoms with Gasteiger partial charge in [0.15, 0.2) is 0 Å². The van der Waals surface area contributed by atoms with E-state index in [0.29, 0.717) is 5.69 Å². The van der Waals surface area contributed by atoms with Gasteiger partial charge in [0.2, 0.25) is 0 Å². The van der Waals surface area contributed by atoms with Crippen molar-refractivity contribution in [2.24, 2.45) is 0 Å². The Hall–Kier alpha value is -1.58. The lowest BCUT2D eigenvalue weighted by molar-refractivity contribution is 0.0884. The molecule has 0 fully saturated rings. The van der Waals surface area contributed by atoms with Crippen molar-refractivity contribution in [2.45, 2.75) is 45.6 Å². The van der Waals surface area contributed by atoms with Gasteiger partial charge < -0.3 is 11.1 Å². The highest BCUT2D eigenvalue weighted by molar-refractivity contribution is 5.95. The molecule has 0 saturated heterocycles. The maximum atomic E-state index is 13.6. The van der Waals surface area contributed by atoms with E-state index in [1.807, 2.05) is 20.8 Å². The number of carbonyl (C=O) groups is 1.